The first-order chi connectivity index (χ1) is 13.4. The summed E-state index contributed by atoms with van der Waals surface area (Å²) in [5.74, 6) is 0.656. The van der Waals surface area contributed by atoms with Crippen LogP contribution in [0.1, 0.15) is 50.7 Å². The molecule has 2 aromatic carbocycles. The summed E-state index contributed by atoms with van der Waals surface area (Å²) in [7, 11) is 0. The number of hydrogen-bond acceptors (Lipinski definition) is 2. The minimum absolute atomic E-state index is 0.0250. The van der Waals surface area contributed by atoms with E-state index in [1.807, 2.05) is 0 Å². The molecule has 4 rings (SSSR count). The Morgan fingerprint density at radius 1 is 1.04 bits per heavy atom. The van der Waals surface area contributed by atoms with E-state index in [0.29, 0.717) is 5.92 Å². The van der Waals surface area contributed by atoms with E-state index in [1.165, 1.54) is 23.6 Å². The Kier molecular flexibility index (Phi) is 4.69. The third kappa shape index (κ3) is 2.73. The van der Waals surface area contributed by atoms with Crippen molar-refractivity contribution < 1.29 is 9.53 Å². The summed E-state index contributed by atoms with van der Waals surface area (Å²) in [5, 5.41) is 0. The maximum absolute atomic E-state index is 12.3. The first-order valence-corrected chi connectivity index (χ1v) is 10.3. The smallest absolute Gasteiger partial charge is 0.330 e. The highest BCUT2D eigenvalue weighted by atomic mass is 16.5. The summed E-state index contributed by atoms with van der Waals surface area (Å²) in [4.78, 5) is 12.3. The van der Waals surface area contributed by atoms with E-state index >= 15 is 0 Å². The van der Waals surface area contributed by atoms with E-state index in [-0.39, 0.29) is 34.7 Å². The molecular weight excluding hydrogens is 344 g/mol. The monoisotopic (exact) mass is 374 g/mol. The van der Waals surface area contributed by atoms with Crippen LogP contribution in [0, 0.1) is 22.7 Å². The molecule has 0 aromatic heterocycles. The zero-order chi connectivity index (χ0) is 19.9. The van der Waals surface area contributed by atoms with E-state index < -0.39 is 0 Å². The number of esters is 1. The molecule has 2 aliphatic rings. The van der Waals surface area contributed by atoms with Crippen LogP contribution in [-0.2, 0) is 9.53 Å². The van der Waals surface area contributed by atoms with Crippen molar-refractivity contribution in [1.29, 1.82) is 0 Å². The Balaban J connectivity index is 1.86. The van der Waals surface area contributed by atoms with Crippen molar-refractivity contribution in [3.63, 3.8) is 0 Å². The zero-order valence-electron chi connectivity index (χ0n) is 17.1. The predicted octanol–water partition coefficient (Wildman–Crippen LogP) is 5.99. The molecule has 0 amide bonds. The van der Waals surface area contributed by atoms with Gasteiger partial charge in [-0.05, 0) is 35.3 Å². The highest BCUT2D eigenvalue weighted by Crippen LogP contribution is 2.71. The van der Waals surface area contributed by atoms with Gasteiger partial charge in [0.2, 0.25) is 0 Å². The fourth-order valence-corrected chi connectivity index (χ4v) is 6.13. The molecule has 2 aromatic rings. The average molecular weight is 375 g/mol. The third-order valence-corrected chi connectivity index (χ3v) is 7.93. The lowest BCUT2D eigenvalue weighted by atomic mass is 9.68. The van der Waals surface area contributed by atoms with Crippen molar-refractivity contribution in [2.45, 2.75) is 45.6 Å². The molecule has 2 saturated carbocycles. The largest absolute Gasteiger partial charge is 0.458 e. The molecule has 0 saturated heterocycles. The molecule has 2 bridgehead atoms. The molecule has 146 valence electrons. The number of benzene rings is 2. The molecule has 0 N–H and O–H groups in total. The number of hydrogen-bond donors (Lipinski definition) is 0. The summed E-state index contributed by atoms with van der Waals surface area (Å²) in [6, 6.07) is 21.4. The number of carbonyl (C=O) groups excluding carboxylic acids is 1. The molecule has 4 unspecified atom stereocenters. The van der Waals surface area contributed by atoms with Crippen LogP contribution < -0.4 is 0 Å². The molecule has 0 aliphatic heterocycles. The normalized spacial score (nSPS) is 30.4. The average Bonchev–Trinajstić information content (AvgIpc) is 3.03. The fraction of sp³-hybridized carbons (Fsp3) is 0.423. The highest BCUT2D eigenvalue weighted by Gasteiger charge is 2.69. The summed E-state index contributed by atoms with van der Waals surface area (Å²) >= 11 is 0. The Morgan fingerprint density at radius 2 is 1.57 bits per heavy atom. The lowest BCUT2D eigenvalue weighted by Gasteiger charge is -2.41. The van der Waals surface area contributed by atoms with Gasteiger partial charge in [0.15, 0.2) is 0 Å². The van der Waals surface area contributed by atoms with Crippen LogP contribution in [0.15, 0.2) is 73.3 Å². The first kappa shape index (κ1) is 19.0. The summed E-state index contributed by atoms with van der Waals surface area (Å²) in [5.41, 5.74) is 2.68. The van der Waals surface area contributed by atoms with Crippen molar-refractivity contribution in [3.05, 3.63) is 84.4 Å². The minimum Gasteiger partial charge on any atom is -0.458 e. The molecule has 4 atom stereocenters. The molecule has 28 heavy (non-hydrogen) atoms. The molecule has 2 heteroatoms. The van der Waals surface area contributed by atoms with Crippen LogP contribution in [0.4, 0.5) is 0 Å². The SMILES string of the molecule is C=CC(=O)OC1C(C(c2ccccc2)c2ccccc2)C2CCC1(C)C2(C)C. The van der Waals surface area contributed by atoms with Gasteiger partial charge in [-0.15, -0.1) is 0 Å². The second-order valence-corrected chi connectivity index (χ2v) is 9.22. The Hall–Kier alpha value is -2.35. The van der Waals surface area contributed by atoms with Crippen molar-refractivity contribution in [3.8, 4) is 0 Å². The lowest BCUT2D eigenvalue weighted by molar-refractivity contribution is -0.154. The highest BCUT2D eigenvalue weighted by molar-refractivity contribution is 5.81. The van der Waals surface area contributed by atoms with Gasteiger partial charge < -0.3 is 4.74 Å². The van der Waals surface area contributed by atoms with Crippen molar-refractivity contribution in [2.75, 3.05) is 0 Å². The van der Waals surface area contributed by atoms with Crippen molar-refractivity contribution in [2.24, 2.45) is 22.7 Å². The summed E-state index contributed by atoms with van der Waals surface area (Å²) in [6.07, 6.45) is 3.48. The number of carbonyl (C=O) groups is 1. The second kappa shape index (κ2) is 6.92. The van der Waals surface area contributed by atoms with Gasteiger partial charge in [0.1, 0.15) is 6.10 Å². The maximum atomic E-state index is 12.3. The Morgan fingerprint density at radius 3 is 2.07 bits per heavy atom. The molecule has 2 fully saturated rings. The quantitative estimate of drug-likeness (QED) is 0.475. The van der Waals surface area contributed by atoms with Crippen LogP contribution in [-0.4, -0.2) is 12.1 Å². The first-order valence-electron chi connectivity index (χ1n) is 10.3. The molecule has 2 aliphatic carbocycles. The fourth-order valence-electron chi connectivity index (χ4n) is 6.13. The van der Waals surface area contributed by atoms with Crippen LogP contribution in [0.5, 0.6) is 0 Å². The van der Waals surface area contributed by atoms with Crippen molar-refractivity contribution in [1.82, 2.24) is 0 Å². The van der Waals surface area contributed by atoms with Gasteiger partial charge in [-0.2, -0.15) is 0 Å². The maximum Gasteiger partial charge on any atom is 0.330 e. The van der Waals surface area contributed by atoms with E-state index in [0.717, 1.165) is 6.42 Å². The topological polar surface area (TPSA) is 26.3 Å². The predicted molar refractivity (Wildman–Crippen MR) is 113 cm³/mol. The number of fused-ring (bicyclic) bond motifs is 2. The summed E-state index contributed by atoms with van der Waals surface area (Å²) < 4.78 is 6.11. The van der Waals surface area contributed by atoms with E-state index in [4.69, 9.17) is 4.74 Å². The van der Waals surface area contributed by atoms with Gasteiger partial charge in [0.05, 0.1) is 0 Å². The van der Waals surface area contributed by atoms with Crippen LogP contribution in [0.3, 0.4) is 0 Å². The van der Waals surface area contributed by atoms with Gasteiger partial charge in [0, 0.05) is 23.3 Å². The van der Waals surface area contributed by atoms with Gasteiger partial charge in [-0.3, -0.25) is 0 Å². The number of rotatable bonds is 5. The Labute approximate surface area is 168 Å². The minimum atomic E-state index is -0.306. The van der Waals surface area contributed by atoms with E-state index in [2.05, 4.69) is 88.0 Å². The third-order valence-electron chi connectivity index (χ3n) is 7.93. The van der Waals surface area contributed by atoms with Crippen LogP contribution >= 0.6 is 0 Å². The standard InChI is InChI=1S/C26H30O2/c1-5-21(27)28-24-23(20-16-17-26(24,4)25(20,2)3)22(18-12-8-6-9-13-18)19-14-10-7-11-15-19/h5-15,20,22-24H,1,16-17H2,2-4H3. The van der Waals surface area contributed by atoms with Crippen LogP contribution in [0.2, 0.25) is 0 Å². The number of ether oxygens (including phenoxy) is 1. The molecular formula is C26H30O2. The summed E-state index contributed by atoms with van der Waals surface area (Å²) in [6.45, 7) is 10.7. The van der Waals surface area contributed by atoms with E-state index in [1.54, 1.807) is 0 Å². The Bertz CT molecular complexity index is 815. The zero-order valence-corrected chi connectivity index (χ0v) is 17.1. The molecule has 0 spiro atoms. The van der Waals surface area contributed by atoms with Gasteiger partial charge in [-0.25, -0.2) is 4.79 Å². The lowest BCUT2D eigenvalue weighted by Crippen LogP contribution is -2.42. The molecule has 0 radical (unpaired) electrons. The second-order valence-electron chi connectivity index (χ2n) is 9.22. The van der Waals surface area contributed by atoms with E-state index in [9.17, 15) is 4.79 Å². The van der Waals surface area contributed by atoms with Gasteiger partial charge in [-0.1, -0.05) is 88.0 Å². The van der Waals surface area contributed by atoms with Gasteiger partial charge >= 0.3 is 5.97 Å². The molecule has 2 nitrogen and oxygen atoms in total. The molecule has 0 heterocycles. The van der Waals surface area contributed by atoms with Crippen LogP contribution in [0.25, 0.3) is 0 Å². The van der Waals surface area contributed by atoms with Crippen molar-refractivity contribution >= 4 is 5.97 Å². The van der Waals surface area contributed by atoms with Gasteiger partial charge in [0.25, 0.3) is 0 Å².